The summed E-state index contributed by atoms with van der Waals surface area (Å²) in [5.74, 6) is 0.750. The number of carbonyl (C=O) groups excluding carboxylic acids is 2. The minimum absolute atomic E-state index is 0.0385. The maximum Gasteiger partial charge on any atom is 0.241 e. The Morgan fingerprint density at radius 2 is 2.08 bits per heavy atom. The van der Waals surface area contributed by atoms with Crippen LogP contribution in [0.2, 0.25) is 0 Å². The average molecular weight is 344 g/mol. The number of aryl methyl sites for hydroxylation is 2. The van der Waals surface area contributed by atoms with Gasteiger partial charge in [0.1, 0.15) is 12.4 Å². The number of rotatable bonds is 7. The summed E-state index contributed by atoms with van der Waals surface area (Å²) in [6.07, 6.45) is 11.6. The number of anilines is 1. The molecule has 0 bridgehead atoms. The van der Waals surface area contributed by atoms with Crippen LogP contribution in [-0.4, -0.2) is 37.2 Å². The van der Waals surface area contributed by atoms with E-state index in [1.54, 1.807) is 23.3 Å². The summed E-state index contributed by atoms with van der Waals surface area (Å²) in [6.45, 7) is 2.65. The first-order chi connectivity index (χ1) is 12.1. The van der Waals surface area contributed by atoms with E-state index in [0.717, 1.165) is 18.7 Å². The topological polar surface area (TPSA) is 93.8 Å². The SMILES string of the molecule is Cc1nccn1CCC(=O)Nc1cnn(CC(=O)NC2CCCC2)c1. The van der Waals surface area contributed by atoms with Crippen molar-refractivity contribution in [2.45, 2.75) is 58.2 Å². The van der Waals surface area contributed by atoms with E-state index in [4.69, 9.17) is 0 Å². The summed E-state index contributed by atoms with van der Waals surface area (Å²) < 4.78 is 3.47. The molecular formula is C17H24N6O2. The summed E-state index contributed by atoms with van der Waals surface area (Å²) in [5.41, 5.74) is 0.598. The Morgan fingerprint density at radius 3 is 2.80 bits per heavy atom. The molecule has 0 aromatic carbocycles. The van der Waals surface area contributed by atoms with Crippen molar-refractivity contribution >= 4 is 17.5 Å². The van der Waals surface area contributed by atoms with E-state index in [9.17, 15) is 9.59 Å². The minimum atomic E-state index is -0.0944. The number of nitrogens with zero attached hydrogens (tertiary/aromatic N) is 4. The lowest BCUT2D eigenvalue weighted by molar-refractivity contribution is -0.122. The zero-order valence-corrected chi connectivity index (χ0v) is 14.4. The quantitative estimate of drug-likeness (QED) is 0.795. The number of carbonyl (C=O) groups is 2. The Hall–Kier alpha value is -2.64. The Kier molecular flexibility index (Phi) is 5.47. The van der Waals surface area contributed by atoms with Crippen LogP contribution in [-0.2, 0) is 22.7 Å². The van der Waals surface area contributed by atoms with Gasteiger partial charge in [-0.1, -0.05) is 12.8 Å². The summed E-state index contributed by atoms with van der Waals surface area (Å²) in [5, 5.41) is 9.96. The third-order valence-corrected chi connectivity index (χ3v) is 4.45. The zero-order chi connectivity index (χ0) is 17.6. The third kappa shape index (κ3) is 4.91. The highest BCUT2D eigenvalue weighted by molar-refractivity contribution is 5.90. The number of aromatic nitrogens is 4. The normalized spacial score (nSPS) is 14.6. The van der Waals surface area contributed by atoms with Gasteiger partial charge in [0.05, 0.1) is 11.9 Å². The lowest BCUT2D eigenvalue weighted by Crippen LogP contribution is -2.35. The average Bonchev–Trinajstić information content (AvgIpc) is 3.29. The molecule has 3 rings (SSSR count). The first-order valence-electron chi connectivity index (χ1n) is 8.69. The smallest absolute Gasteiger partial charge is 0.241 e. The fourth-order valence-corrected chi connectivity index (χ4v) is 3.09. The van der Waals surface area contributed by atoms with Gasteiger partial charge < -0.3 is 15.2 Å². The van der Waals surface area contributed by atoms with Crippen molar-refractivity contribution in [2.75, 3.05) is 5.32 Å². The molecule has 2 heterocycles. The molecule has 0 saturated heterocycles. The van der Waals surface area contributed by atoms with Gasteiger partial charge in [0, 0.05) is 37.6 Å². The molecule has 0 radical (unpaired) electrons. The van der Waals surface area contributed by atoms with E-state index in [0.29, 0.717) is 24.7 Å². The highest BCUT2D eigenvalue weighted by Gasteiger charge is 2.17. The van der Waals surface area contributed by atoms with Crippen LogP contribution in [0.25, 0.3) is 0 Å². The van der Waals surface area contributed by atoms with Crippen molar-refractivity contribution < 1.29 is 9.59 Å². The van der Waals surface area contributed by atoms with Crippen LogP contribution in [0.3, 0.4) is 0 Å². The zero-order valence-electron chi connectivity index (χ0n) is 14.4. The number of hydrogen-bond donors (Lipinski definition) is 2. The lowest BCUT2D eigenvalue weighted by Gasteiger charge is -2.11. The van der Waals surface area contributed by atoms with Crippen LogP contribution in [0, 0.1) is 6.92 Å². The molecule has 2 amide bonds. The molecule has 0 spiro atoms. The molecule has 8 nitrogen and oxygen atoms in total. The van der Waals surface area contributed by atoms with E-state index in [2.05, 4.69) is 20.7 Å². The molecule has 1 aliphatic rings. The molecule has 0 atom stereocenters. The van der Waals surface area contributed by atoms with E-state index in [1.165, 1.54) is 12.8 Å². The molecule has 2 aromatic heterocycles. The van der Waals surface area contributed by atoms with Gasteiger partial charge in [0.15, 0.2) is 0 Å². The van der Waals surface area contributed by atoms with Crippen molar-refractivity contribution in [2.24, 2.45) is 0 Å². The van der Waals surface area contributed by atoms with E-state index >= 15 is 0 Å². The second-order valence-electron chi connectivity index (χ2n) is 6.44. The highest BCUT2D eigenvalue weighted by atomic mass is 16.2. The van der Waals surface area contributed by atoms with Crippen molar-refractivity contribution in [3.05, 3.63) is 30.6 Å². The molecule has 8 heteroatoms. The summed E-state index contributed by atoms with van der Waals surface area (Å²) in [6, 6.07) is 0.300. The first-order valence-corrected chi connectivity index (χ1v) is 8.69. The standard InChI is InChI=1S/C17H24N6O2/c1-13-18-7-9-22(13)8-6-16(24)21-15-10-19-23(11-15)12-17(25)20-14-4-2-3-5-14/h7,9-11,14H,2-6,8,12H2,1H3,(H,20,25)(H,21,24). The fourth-order valence-electron chi connectivity index (χ4n) is 3.09. The van der Waals surface area contributed by atoms with E-state index in [1.807, 2.05) is 17.7 Å². The first kappa shape index (κ1) is 17.2. The van der Waals surface area contributed by atoms with Crippen LogP contribution in [0.4, 0.5) is 5.69 Å². The summed E-state index contributed by atoms with van der Waals surface area (Å²) >= 11 is 0. The molecule has 2 aromatic rings. The van der Waals surface area contributed by atoms with E-state index in [-0.39, 0.29) is 18.4 Å². The molecular weight excluding hydrogens is 320 g/mol. The van der Waals surface area contributed by atoms with Gasteiger partial charge in [-0.2, -0.15) is 5.10 Å². The molecule has 1 fully saturated rings. The Labute approximate surface area is 146 Å². The van der Waals surface area contributed by atoms with Gasteiger partial charge in [0.25, 0.3) is 0 Å². The summed E-state index contributed by atoms with van der Waals surface area (Å²) in [7, 11) is 0. The third-order valence-electron chi connectivity index (χ3n) is 4.45. The van der Waals surface area contributed by atoms with Crippen LogP contribution in [0.1, 0.15) is 37.9 Å². The number of imidazole rings is 1. The van der Waals surface area contributed by atoms with Gasteiger partial charge in [-0.05, 0) is 19.8 Å². The number of nitrogens with one attached hydrogen (secondary N) is 2. The molecule has 2 N–H and O–H groups in total. The highest BCUT2D eigenvalue weighted by Crippen LogP contribution is 2.17. The van der Waals surface area contributed by atoms with Gasteiger partial charge in [-0.3, -0.25) is 14.3 Å². The van der Waals surface area contributed by atoms with Gasteiger partial charge in [0.2, 0.25) is 11.8 Å². The van der Waals surface area contributed by atoms with Crippen molar-refractivity contribution in [3.63, 3.8) is 0 Å². The second kappa shape index (κ2) is 7.96. The van der Waals surface area contributed by atoms with Crippen molar-refractivity contribution in [1.29, 1.82) is 0 Å². The van der Waals surface area contributed by atoms with Gasteiger partial charge in [-0.25, -0.2) is 4.98 Å². The fraction of sp³-hybridized carbons (Fsp3) is 0.529. The molecule has 1 aliphatic carbocycles. The van der Waals surface area contributed by atoms with Crippen LogP contribution in [0.5, 0.6) is 0 Å². The molecule has 25 heavy (non-hydrogen) atoms. The Bertz CT molecular complexity index is 729. The van der Waals surface area contributed by atoms with E-state index < -0.39 is 0 Å². The largest absolute Gasteiger partial charge is 0.352 e. The van der Waals surface area contributed by atoms with Crippen LogP contribution >= 0.6 is 0 Å². The maximum atomic E-state index is 12.0. The molecule has 1 saturated carbocycles. The predicted molar refractivity (Wildman–Crippen MR) is 92.8 cm³/mol. The lowest BCUT2D eigenvalue weighted by atomic mass is 10.2. The summed E-state index contributed by atoms with van der Waals surface area (Å²) in [4.78, 5) is 28.1. The second-order valence-corrected chi connectivity index (χ2v) is 6.44. The van der Waals surface area contributed by atoms with Gasteiger partial charge >= 0.3 is 0 Å². The molecule has 0 aliphatic heterocycles. The van der Waals surface area contributed by atoms with Gasteiger partial charge in [-0.15, -0.1) is 0 Å². The maximum absolute atomic E-state index is 12.0. The Morgan fingerprint density at radius 1 is 1.28 bits per heavy atom. The van der Waals surface area contributed by atoms with Crippen LogP contribution in [0.15, 0.2) is 24.8 Å². The van der Waals surface area contributed by atoms with Crippen molar-refractivity contribution in [1.82, 2.24) is 24.6 Å². The Balaban J connectivity index is 1.43. The monoisotopic (exact) mass is 344 g/mol. The molecule has 134 valence electrons. The van der Waals surface area contributed by atoms with Crippen LogP contribution < -0.4 is 10.6 Å². The predicted octanol–water partition coefficient (Wildman–Crippen LogP) is 1.48. The number of hydrogen-bond acceptors (Lipinski definition) is 4. The molecule has 0 unspecified atom stereocenters. The minimum Gasteiger partial charge on any atom is -0.352 e. The number of amides is 2. The van der Waals surface area contributed by atoms with Crippen molar-refractivity contribution in [3.8, 4) is 0 Å².